The van der Waals surface area contributed by atoms with Gasteiger partial charge >= 0.3 is 0 Å². The Morgan fingerprint density at radius 1 is 1.38 bits per heavy atom. The maximum Gasteiger partial charge on any atom is 0.0585 e. The number of nitrogens with two attached hydrogens (primary N) is 2. The van der Waals surface area contributed by atoms with E-state index in [4.69, 9.17) is 11.5 Å². The molecule has 4 nitrogen and oxygen atoms in total. The van der Waals surface area contributed by atoms with E-state index in [1.165, 1.54) is 0 Å². The smallest absolute Gasteiger partial charge is 0.0585 e. The van der Waals surface area contributed by atoms with E-state index in [0.29, 0.717) is 5.69 Å². The zero-order valence-corrected chi connectivity index (χ0v) is 7.07. The van der Waals surface area contributed by atoms with Crippen LogP contribution < -0.4 is 16.6 Å². The highest BCUT2D eigenvalue weighted by atomic mass is 16.4. The van der Waals surface area contributed by atoms with E-state index in [0.717, 1.165) is 5.56 Å². The zero-order chi connectivity index (χ0) is 9.84. The van der Waals surface area contributed by atoms with E-state index in [2.05, 4.69) is 0 Å². The van der Waals surface area contributed by atoms with E-state index in [9.17, 15) is 9.90 Å². The number of aliphatic carboxylic acids is 1. The molecular weight excluding hydrogens is 168 g/mol. The Kier molecular flexibility index (Phi) is 2.87. The number of rotatable bonds is 3. The highest BCUT2D eigenvalue weighted by molar-refractivity contribution is 5.71. The van der Waals surface area contributed by atoms with Crippen molar-refractivity contribution in [3.63, 3.8) is 0 Å². The molecule has 4 heteroatoms. The van der Waals surface area contributed by atoms with Crippen LogP contribution in [0.25, 0.3) is 0 Å². The average Bonchev–Trinajstić information content (AvgIpc) is 2.08. The van der Waals surface area contributed by atoms with Gasteiger partial charge in [-0.05, 0) is 24.1 Å². The molecule has 0 amide bonds. The second kappa shape index (κ2) is 3.91. The number of carboxylic acid groups (broad SMARTS) is 1. The largest absolute Gasteiger partial charge is 0.548 e. The van der Waals surface area contributed by atoms with Crippen LogP contribution in [0.15, 0.2) is 24.3 Å². The lowest BCUT2D eigenvalue weighted by Gasteiger charge is -2.12. The molecule has 1 rings (SSSR count). The summed E-state index contributed by atoms with van der Waals surface area (Å²) >= 11 is 0. The van der Waals surface area contributed by atoms with Gasteiger partial charge in [0, 0.05) is 11.7 Å². The van der Waals surface area contributed by atoms with Gasteiger partial charge in [-0.3, -0.25) is 0 Å². The highest BCUT2D eigenvalue weighted by Gasteiger charge is 2.03. The molecule has 0 saturated heterocycles. The van der Waals surface area contributed by atoms with Crippen LogP contribution >= 0.6 is 0 Å². The quantitative estimate of drug-likeness (QED) is 0.575. The maximum absolute atomic E-state index is 10.3. The number of anilines is 1. The summed E-state index contributed by atoms with van der Waals surface area (Å²) in [4.78, 5) is 10.3. The molecule has 0 aliphatic heterocycles. The molecule has 0 aliphatic rings. The Bertz CT molecular complexity index is 295. The Hall–Kier alpha value is -1.55. The minimum atomic E-state index is -1.24. The summed E-state index contributed by atoms with van der Waals surface area (Å²) in [6.07, 6.45) is 0.266. The van der Waals surface area contributed by atoms with Crippen molar-refractivity contribution in [1.29, 1.82) is 0 Å². The lowest BCUT2D eigenvalue weighted by atomic mass is 10.1. The summed E-state index contributed by atoms with van der Waals surface area (Å²) in [6, 6.07) is 5.95. The number of hydrogen-bond acceptors (Lipinski definition) is 4. The lowest BCUT2D eigenvalue weighted by molar-refractivity contribution is -0.307. The van der Waals surface area contributed by atoms with E-state index >= 15 is 0 Å². The highest BCUT2D eigenvalue weighted by Crippen LogP contribution is 2.06. The van der Waals surface area contributed by atoms with Crippen LogP contribution in [0.4, 0.5) is 5.69 Å². The molecule has 0 aromatic heterocycles. The van der Waals surface area contributed by atoms with Gasteiger partial charge in [-0.25, -0.2) is 0 Å². The first-order valence-corrected chi connectivity index (χ1v) is 3.90. The number of carboxylic acids is 1. The fourth-order valence-electron chi connectivity index (χ4n) is 0.991. The Morgan fingerprint density at radius 3 is 2.38 bits per heavy atom. The fraction of sp³-hybridized carbons (Fsp3) is 0.222. The number of carbonyl (C=O) groups excluding carboxylic acids is 1. The van der Waals surface area contributed by atoms with Gasteiger partial charge < -0.3 is 21.4 Å². The first kappa shape index (κ1) is 9.54. The van der Waals surface area contributed by atoms with E-state index in [1.807, 2.05) is 0 Å². The van der Waals surface area contributed by atoms with Crippen molar-refractivity contribution in [3.8, 4) is 0 Å². The number of carbonyl (C=O) groups is 1. The summed E-state index contributed by atoms with van der Waals surface area (Å²) in [7, 11) is 0. The van der Waals surface area contributed by atoms with E-state index in [1.54, 1.807) is 24.3 Å². The summed E-state index contributed by atoms with van der Waals surface area (Å²) in [5.41, 5.74) is 12.2. The monoisotopic (exact) mass is 179 g/mol. The normalized spacial score (nSPS) is 12.4. The third-order valence-electron chi connectivity index (χ3n) is 1.74. The van der Waals surface area contributed by atoms with Crippen LogP contribution in [0, 0.1) is 0 Å². The van der Waals surface area contributed by atoms with Gasteiger partial charge in [-0.1, -0.05) is 12.1 Å². The maximum atomic E-state index is 10.3. The van der Waals surface area contributed by atoms with E-state index < -0.39 is 12.0 Å². The summed E-state index contributed by atoms with van der Waals surface area (Å²) in [5.74, 6) is -1.24. The molecule has 0 aliphatic carbocycles. The standard InChI is InChI=1S/C9H12N2O2/c10-7-3-1-6(2-4-7)5-8(11)9(12)13/h1-4,8H,5,10-11H2,(H,12,13)/p-1/t8-/m0/s1. The Balaban J connectivity index is 2.64. The van der Waals surface area contributed by atoms with Gasteiger partial charge in [0.15, 0.2) is 0 Å². The van der Waals surface area contributed by atoms with Gasteiger partial charge in [0.25, 0.3) is 0 Å². The summed E-state index contributed by atoms with van der Waals surface area (Å²) in [5, 5.41) is 10.3. The molecule has 1 aromatic carbocycles. The molecule has 0 radical (unpaired) electrons. The molecular formula is C9H11N2O2-. The topological polar surface area (TPSA) is 92.2 Å². The molecule has 0 bridgehead atoms. The molecule has 0 unspecified atom stereocenters. The number of nitrogen functional groups attached to an aromatic ring is 1. The van der Waals surface area contributed by atoms with Gasteiger partial charge in [0.2, 0.25) is 0 Å². The second-order valence-corrected chi connectivity index (χ2v) is 2.87. The zero-order valence-electron chi connectivity index (χ0n) is 7.07. The van der Waals surface area contributed by atoms with Gasteiger partial charge in [0.1, 0.15) is 0 Å². The molecule has 0 fully saturated rings. The molecule has 0 saturated carbocycles. The van der Waals surface area contributed by atoms with Crippen molar-refractivity contribution in [2.75, 3.05) is 5.73 Å². The van der Waals surface area contributed by atoms with Crippen LogP contribution in [-0.4, -0.2) is 12.0 Å². The van der Waals surface area contributed by atoms with Gasteiger partial charge in [-0.2, -0.15) is 0 Å². The number of hydrogen-bond donors (Lipinski definition) is 2. The first-order chi connectivity index (χ1) is 6.09. The van der Waals surface area contributed by atoms with Crippen LogP contribution in [-0.2, 0) is 11.2 Å². The molecule has 1 aromatic rings. The van der Waals surface area contributed by atoms with Gasteiger partial charge in [0.05, 0.1) is 5.97 Å². The Labute approximate surface area is 76.2 Å². The molecule has 70 valence electrons. The molecule has 1 atom stereocenters. The number of benzene rings is 1. The second-order valence-electron chi connectivity index (χ2n) is 2.87. The van der Waals surface area contributed by atoms with Crippen molar-refractivity contribution < 1.29 is 9.90 Å². The van der Waals surface area contributed by atoms with Crippen LogP contribution in [0.2, 0.25) is 0 Å². The predicted molar refractivity (Wildman–Crippen MR) is 47.5 cm³/mol. The average molecular weight is 179 g/mol. The van der Waals surface area contributed by atoms with Crippen LogP contribution in [0.1, 0.15) is 5.56 Å². The predicted octanol–water partition coefficient (Wildman–Crippen LogP) is -1.11. The fourth-order valence-corrected chi connectivity index (χ4v) is 0.991. The van der Waals surface area contributed by atoms with Crippen molar-refractivity contribution >= 4 is 11.7 Å². The summed E-state index contributed by atoms with van der Waals surface area (Å²) < 4.78 is 0. The summed E-state index contributed by atoms with van der Waals surface area (Å²) in [6.45, 7) is 0. The van der Waals surface area contributed by atoms with Crippen molar-refractivity contribution in [2.45, 2.75) is 12.5 Å². The van der Waals surface area contributed by atoms with E-state index in [-0.39, 0.29) is 6.42 Å². The Morgan fingerprint density at radius 2 is 1.92 bits per heavy atom. The van der Waals surface area contributed by atoms with Crippen LogP contribution in [0.5, 0.6) is 0 Å². The van der Waals surface area contributed by atoms with Crippen LogP contribution in [0.3, 0.4) is 0 Å². The first-order valence-electron chi connectivity index (χ1n) is 3.90. The SMILES string of the molecule is Nc1ccc(C[C@H](N)C(=O)[O-])cc1. The van der Waals surface area contributed by atoms with Crippen molar-refractivity contribution in [1.82, 2.24) is 0 Å². The lowest BCUT2D eigenvalue weighted by Crippen LogP contribution is -2.43. The van der Waals surface area contributed by atoms with Gasteiger partial charge in [-0.15, -0.1) is 0 Å². The minimum absolute atomic E-state index is 0.266. The van der Waals surface area contributed by atoms with Crippen molar-refractivity contribution in [2.24, 2.45) is 5.73 Å². The molecule has 4 N–H and O–H groups in total. The third kappa shape index (κ3) is 2.76. The molecule has 0 spiro atoms. The third-order valence-corrected chi connectivity index (χ3v) is 1.74. The molecule has 13 heavy (non-hydrogen) atoms. The molecule has 0 heterocycles. The van der Waals surface area contributed by atoms with Crippen molar-refractivity contribution in [3.05, 3.63) is 29.8 Å². The minimum Gasteiger partial charge on any atom is -0.548 e.